The maximum Gasteiger partial charge on any atom is 0.328 e. The summed E-state index contributed by atoms with van der Waals surface area (Å²) in [5, 5.41) is 8.73. The van der Waals surface area contributed by atoms with E-state index in [1.165, 1.54) is 17.2 Å². The van der Waals surface area contributed by atoms with E-state index in [0.29, 0.717) is 12.1 Å². The molecule has 5 heteroatoms. The summed E-state index contributed by atoms with van der Waals surface area (Å²) in [6.45, 7) is 8.61. The molecular formula is C23H27BrN2O2. The Balaban J connectivity index is 1.58. The Kier molecular flexibility index (Phi) is 7.05. The summed E-state index contributed by atoms with van der Waals surface area (Å²) in [6.07, 6.45) is 2.79. The number of hydrogen-bond acceptors (Lipinski definition) is 3. The van der Waals surface area contributed by atoms with Gasteiger partial charge in [0, 0.05) is 48.8 Å². The van der Waals surface area contributed by atoms with Crippen LogP contribution in [0.4, 0.5) is 0 Å². The van der Waals surface area contributed by atoms with E-state index in [-0.39, 0.29) is 0 Å². The third-order valence-electron chi connectivity index (χ3n) is 5.26. The molecule has 4 nitrogen and oxygen atoms in total. The molecule has 0 amide bonds. The summed E-state index contributed by atoms with van der Waals surface area (Å²) >= 11 is 3.50. The molecule has 28 heavy (non-hydrogen) atoms. The maximum absolute atomic E-state index is 10.6. The van der Waals surface area contributed by atoms with Gasteiger partial charge in [-0.3, -0.25) is 9.80 Å². The van der Waals surface area contributed by atoms with Gasteiger partial charge in [0.15, 0.2) is 0 Å². The Hall–Kier alpha value is -1.95. The van der Waals surface area contributed by atoms with Crippen LogP contribution >= 0.6 is 15.9 Å². The van der Waals surface area contributed by atoms with Crippen molar-refractivity contribution in [2.45, 2.75) is 39.0 Å². The van der Waals surface area contributed by atoms with Crippen molar-refractivity contribution in [2.75, 3.05) is 13.1 Å². The van der Waals surface area contributed by atoms with Gasteiger partial charge in [-0.15, -0.1) is 0 Å². The smallest absolute Gasteiger partial charge is 0.328 e. The number of hydrogen-bond donors (Lipinski definition) is 1. The van der Waals surface area contributed by atoms with Crippen molar-refractivity contribution in [3.63, 3.8) is 0 Å². The van der Waals surface area contributed by atoms with Gasteiger partial charge in [0.25, 0.3) is 0 Å². The number of halogens is 1. The van der Waals surface area contributed by atoms with Crippen molar-refractivity contribution in [3.8, 4) is 0 Å². The maximum atomic E-state index is 10.6. The Morgan fingerprint density at radius 2 is 1.54 bits per heavy atom. The van der Waals surface area contributed by atoms with E-state index in [1.54, 1.807) is 6.08 Å². The molecule has 0 spiro atoms. The number of carboxylic acid groups (broad SMARTS) is 1. The fraction of sp³-hybridized carbons (Fsp3) is 0.348. The predicted octanol–water partition coefficient (Wildman–Crippen LogP) is 4.64. The molecule has 3 rings (SSSR count). The molecule has 1 saturated heterocycles. The van der Waals surface area contributed by atoms with Gasteiger partial charge in [-0.2, -0.15) is 0 Å². The average Bonchev–Trinajstić information content (AvgIpc) is 2.66. The van der Waals surface area contributed by atoms with Crippen LogP contribution < -0.4 is 0 Å². The van der Waals surface area contributed by atoms with Gasteiger partial charge in [0.05, 0.1) is 0 Å². The summed E-state index contributed by atoms with van der Waals surface area (Å²) < 4.78 is 1.12. The average molecular weight is 443 g/mol. The van der Waals surface area contributed by atoms with Crippen molar-refractivity contribution in [2.24, 2.45) is 0 Å². The predicted molar refractivity (Wildman–Crippen MR) is 117 cm³/mol. The number of carboxylic acids is 1. The third-order valence-corrected chi connectivity index (χ3v) is 5.79. The molecule has 2 aromatic carbocycles. The first-order valence-electron chi connectivity index (χ1n) is 9.63. The minimum Gasteiger partial charge on any atom is -0.478 e. The van der Waals surface area contributed by atoms with Crippen LogP contribution in [0.2, 0.25) is 0 Å². The first-order valence-corrected chi connectivity index (χ1v) is 10.4. The van der Waals surface area contributed by atoms with E-state index in [2.05, 4.69) is 76.0 Å². The van der Waals surface area contributed by atoms with Crippen molar-refractivity contribution in [3.05, 3.63) is 75.8 Å². The first kappa shape index (κ1) is 20.8. The van der Waals surface area contributed by atoms with Gasteiger partial charge in [-0.1, -0.05) is 52.3 Å². The van der Waals surface area contributed by atoms with Gasteiger partial charge >= 0.3 is 5.97 Å². The molecule has 0 unspecified atom stereocenters. The number of carbonyl (C=O) groups is 1. The lowest BCUT2D eigenvalue weighted by atomic mass is 10.0. The van der Waals surface area contributed by atoms with Crippen molar-refractivity contribution in [1.82, 2.24) is 9.80 Å². The largest absolute Gasteiger partial charge is 0.478 e. The van der Waals surface area contributed by atoms with Crippen LogP contribution in [0, 0.1) is 0 Å². The zero-order chi connectivity index (χ0) is 20.1. The number of aliphatic carboxylic acids is 1. The van der Waals surface area contributed by atoms with Crippen molar-refractivity contribution < 1.29 is 9.90 Å². The summed E-state index contributed by atoms with van der Waals surface area (Å²) in [6, 6.07) is 17.7. The molecule has 0 aromatic heterocycles. The lowest BCUT2D eigenvalue weighted by molar-refractivity contribution is -0.131. The summed E-state index contributed by atoms with van der Waals surface area (Å²) in [4.78, 5) is 15.7. The van der Waals surface area contributed by atoms with Crippen molar-refractivity contribution >= 4 is 28.0 Å². The highest BCUT2D eigenvalue weighted by molar-refractivity contribution is 9.10. The fourth-order valence-corrected chi connectivity index (χ4v) is 4.13. The standard InChI is InChI=1S/C23H27BrN2O2/c1-17-13-25(15-20-7-10-22(24)11-8-20)14-18(2)26(17)16-21-5-3-19(4-6-21)9-12-23(27)28/h3-12,17-18H,13-16H2,1-2H3,(H,27,28)/t17-,18+. The first-order chi connectivity index (χ1) is 13.4. The molecule has 0 bridgehead atoms. The van der Waals surface area contributed by atoms with Crippen LogP contribution in [0.25, 0.3) is 6.08 Å². The SMILES string of the molecule is C[C@@H]1CN(Cc2ccc(Br)cc2)C[C@H](C)N1Cc1ccc(C=CC(=O)O)cc1. The minimum absolute atomic E-state index is 0.478. The van der Waals surface area contributed by atoms with E-state index >= 15 is 0 Å². The van der Waals surface area contributed by atoms with Gasteiger partial charge in [-0.05, 0) is 48.7 Å². The van der Waals surface area contributed by atoms with Gasteiger partial charge in [0.2, 0.25) is 0 Å². The summed E-state index contributed by atoms with van der Waals surface area (Å²) in [5.74, 6) is -0.923. The van der Waals surface area contributed by atoms with Gasteiger partial charge < -0.3 is 5.11 Å². The third kappa shape index (κ3) is 5.77. The lowest BCUT2D eigenvalue weighted by Gasteiger charge is -2.44. The van der Waals surface area contributed by atoms with Gasteiger partial charge in [-0.25, -0.2) is 4.79 Å². The van der Waals surface area contributed by atoms with Gasteiger partial charge in [0.1, 0.15) is 0 Å². The summed E-state index contributed by atoms with van der Waals surface area (Å²) in [5.41, 5.74) is 3.51. The lowest BCUT2D eigenvalue weighted by Crippen LogP contribution is -2.55. The molecule has 2 atom stereocenters. The van der Waals surface area contributed by atoms with E-state index in [9.17, 15) is 4.79 Å². The summed E-state index contributed by atoms with van der Waals surface area (Å²) in [7, 11) is 0. The number of benzene rings is 2. The Bertz CT molecular complexity index is 806. The second-order valence-electron chi connectivity index (χ2n) is 7.60. The molecule has 1 aliphatic heterocycles. The zero-order valence-corrected chi connectivity index (χ0v) is 18.0. The minimum atomic E-state index is -0.923. The zero-order valence-electron chi connectivity index (χ0n) is 16.4. The Morgan fingerprint density at radius 1 is 1.00 bits per heavy atom. The highest BCUT2D eigenvalue weighted by Crippen LogP contribution is 2.21. The van der Waals surface area contributed by atoms with E-state index < -0.39 is 5.97 Å². The van der Waals surface area contributed by atoms with E-state index in [0.717, 1.165) is 36.2 Å². The fourth-order valence-electron chi connectivity index (χ4n) is 3.87. The molecule has 1 N–H and O–H groups in total. The normalized spacial score (nSPS) is 21.2. The van der Waals surface area contributed by atoms with E-state index in [4.69, 9.17) is 5.11 Å². The molecule has 0 aliphatic carbocycles. The van der Waals surface area contributed by atoms with E-state index in [1.807, 2.05) is 12.1 Å². The van der Waals surface area contributed by atoms with Crippen LogP contribution in [0.5, 0.6) is 0 Å². The molecule has 1 aliphatic rings. The quantitative estimate of drug-likeness (QED) is 0.661. The second-order valence-corrected chi connectivity index (χ2v) is 8.52. The van der Waals surface area contributed by atoms with Crippen molar-refractivity contribution in [1.29, 1.82) is 0 Å². The number of rotatable bonds is 6. The molecule has 0 radical (unpaired) electrons. The van der Waals surface area contributed by atoms with Crippen LogP contribution in [0.15, 0.2) is 59.1 Å². The highest BCUT2D eigenvalue weighted by Gasteiger charge is 2.29. The molecule has 1 fully saturated rings. The Morgan fingerprint density at radius 3 is 2.11 bits per heavy atom. The number of nitrogens with zero attached hydrogens (tertiary/aromatic N) is 2. The topological polar surface area (TPSA) is 43.8 Å². The van der Waals surface area contributed by atoms with Crippen LogP contribution in [-0.2, 0) is 17.9 Å². The van der Waals surface area contributed by atoms with Crippen LogP contribution in [0.3, 0.4) is 0 Å². The molecule has 148 valence electrons. The highest BCUT2D eigenvalue weighted by atomic mass is 79.9. The van der Waals surface area contributed by atoms with Crippen LogP contribution in [0.1, 0.15) is 30.5 Å². The monoisotopic (exact) mass is 442 g/mol. The Labute approximate surface area is 175 Å². The molecular weight excluding hydrogens is 416 g/mol. The molecule has 1 heterocycles. The van der Waals surface area contributed by atoms with Crippen LogP contribution in [-0.4, -0.2) is 46.0 Å². The molecule has 0 saturated carbocycles. The molecule has 2 aromatic rings. The second kappa shape index (κ2) is 9.50. The number of piperazine rings is 1.